The maximum Gasteiger partial charge on any atom is 0.224 e. The molecular weight excluding hydrogens is 185 g/mol. The minimum Gasteiger partial charge on any atom is -0.206 e. The zero-order valence-electron chi connectivity index (χ0n) is 6.98. The molecule has 0 N–H and O–H groups in total. The van der Waals surface area contributed by atoms with Crippen molar-refractivity contribution < 1.29 is 8.96 Å². The summed E-state index contributed by atoms with van der Waals surface area (Å²) in [7, 11) is 0. The van der Waals surface area contributed by atoms with Gasteiger partial charge in [-0.15, -0.1) is 0 Å². The van der Waals surface area contributed by atoms with Gasteiger partial charge in [0, 0.05) is 0 Å². The molecule has 0 atom stereocenters. The Morgan fingerprint density at radius 1 is 1.31 bits per heavy atom. The topological polar surface area (TPSA) is 3.88 Å². The Bertz CT molecular complexity index is 384. The lowest BCUT2D eigenvalue weighted by molar-refractivity contribution is -0.683. The van der Waals surface area contributed by atoms with Crippen LogP contribution in [0.25, 0.3) is 0 Å². The van der Waals surface area contributed by atoms with E-state index in [1.54, 1.807) is 23.5 Å². The highest BCUT2D eigenvalue weighted by Gasteiger charge is 2.06. The molecule has 0 amide bonds. The van der Waals surface area contributed by atoms with Crippen molar-refractivity contribution in [3.8, 4) is 0 Å². The zero-order valence-corrected chi connectivity index (χ0v) is 7.80. The SMILES string of the molecule is Fc1ccccc1C[n+]1ccsc1. The van der Waals surface area contributed by atoms with Crippen molar-refractivity contribution in [2.24, 2.45) is 0 Å². The third-order valence-electron chi connectivity index (χ3n) is 1.84. The van der Waals surface area contributed by atoms with Gasteiger partial charge in [0.05, 0.1) is 10.9 Å². The second kappa shape index (κ2) is 3.66. The first-order valence-corrected chi connectivity index (χ1v) is 4.95. The van der Waals surface area contributed by atoms with Gasteiger partial charge in [-0.1, -0.05) is 23.5 Å². The normalized spacial score (nSPS) is 10.2. The average molecular weight is 194 g/mol. The molecule has 1 heterocycles. The summed E-state index contributed by atoms with van der Waals surface area (Å²) in [5, 5.41) is 1.97. The van der Waals surface area contributed by atoms with E-state index in [0.717, 1.165) is 5.56 Å². The number of hydrogen-bond donors (Lipinski definition) is 0. The predicted molar refractivity (Wildman–Crippen MR) is 50.0 cm³/mol. The summed E-state index contributed by atoms with van der Waals surface area (Å²) in [6.45, 7) is 0.607. The first-order chi connectivity index (χ1) is 6.36. The fourth-order valence-electron chi connectivity index (χ4n) is 1.18. The highest BCUT2D eigenvalue weighted by molar-refractivity contribution is 7.07. The highest BCUT2D eigenvalue weighted by Crippen LogP contribution is 2.05. The van der Waals surface area contributed by atoms with E-state index in [4.69, 9.17) is 0 Å². The summed E-state index contributed by atoms with van der Waals surface area (Å²) < 4.78 is 15.1. The van der Waals surface area contributed by atoms with E-state index in [-0.39, 0.29) is 5.82 Å². The number of benzene rings is 1. The van der Waals surface area contributed by atoms with E-state index in [2.05, 4.69) is 0 Å². The van der Waals surface area contributed by atoms with E-state index in [9.17, 15) is 4.39 Å². The summed E-state index contributed by atoms with van der Waals surface area (Å²) in [5.74, 6) is -0.138. The molecule has 3 heteroatoms. The summed E-state index contributed by atoms with van der Waals surface area (Å²) in [4.78, 5) is 0. The summed E-state index contributed by atoms with van der Waals surface area (Å²) in [6, 6.07) is 6.85. The van der Waals surface area contributed by atoms with Gasteiger partial charge in [-0.25, -0.2) is 4.39 Å². The summed E-state index contributed by atoms with van der Waals surface area (Å²) in [6.07, 6.45) is 1.94. The van der Waals surface area contributed by atoms with Crippen LogP contribution >= 0.6 is 11.3 Å². The van der Waals surface area contributed by atoms with Crippen LogP contribution in [0.1, 0.15) is 5.56 Å². The average Bonchev–Trinajstić information content (AvgIpc) is 2.61. The van der Waals surface area contributed by atoms with Crippen LogP contribution in [-0.4, -0.2) is 0 Å². The Labute approximate surface area is 80.1 Å². The zero-order chi connectivity index (χ0) is 9.10. The molecule has 13 heavy (non-hydrogen) atoms. The first-order valence-electron chi connectivity index (χ1n) is 4.01. The van der Waals surface area contributed by atoms with Gasteiger partial charge in [0.1, 0.15) is 5.82 Å². The van der Waals surface area contributed by atoms with Crippen LogP contribution in [-0.2, 0) is 6.54 Å². The molecule has 0 fully saturated rings. The lowest BCUT2D eigenvalue weighted by atomic mass is 10.2. The maximum absolute atomic E-state index is 13.2. The quantitative estimate of drug-likeness (QED) is 0.645. The van der Waals surface area contributed by atoms with Gasteiger partial charge in [-0.3, -0.25) is 0 Å². The molecule has 0 radical (unpaired) electrons. The van der Waals surface area contributed by atoms with Gasteiger partial charge in [0.15, 0.2) is 12.7 Å². The van der Waals surface area contributed by atoms with Crippen LogP contribution in [0, 0.1) is 5.82 Å². The molecule has 2 rings (SSSR count). The third-order valence-corrected chi connectivity index (χ3v) is 2.51. The van der Waals surface area contributed by atoms with Gasteiger partial charge in [0.2, 0.25) is 5.51 Å². The number of thiazole rings is 1. The van der Waals surface area contributed by atoms with Crippen LogP contribution < -0.4 is 4.57 Å². The molecule has 0 aliphatic rings. The second-order valence-corrected chi connectivity index (χ2v) is 3.55. The van der Waals surface area contributed by atoms with Crippen LogP contribution in [0.15, 0.2) is 41.4 Å². The van der Waals surface area contributed by atoms with E-state index in [1.807, 2.05) is 27.7 Å². The van der Waals surface area contributed by atoms with Crippen molar-refractivity contribution in [3.05, 3.63) is 52.7 Å². The van der Waals surface area contributed by atoms with E-state index >= 15 is 0 Å². The number of halogens is 1. The Balaban J connectivity index is 2.24. The first kappa shape index (κ1) is 8.38. The van der Waals surface area contributed by atoms with Crippen LogP contribution in [0.3, 0.4) is 0 Å². The van der Waals surface area contributed by atoms with Crippen molar-refractivity contribution in [1.82, 2.24) is 0 Å². The minimum atomic E-state index is -0.138. The van der Waals surface area contributed by atoms with Crippen molar-refractivity contribution in [1.29, 1.82) is 0 Å². The van der Waals surface area contributed by atoms with Crippen molar-refractivity contribution >= 4 is 11.3 Å². The van der Waals surface area contributed by atoms with E-state index in [0.29, 0.717) is 6.54 Å². The molecule has 66 valence electrons. The van der Waals surface area contributed by atoms with Gasteiger partial charge in [0.25, 0.3) is 0 Å². The Morgan fingerprint density at radius 2 is 2.15 bits per heavy atom. The molecule has 1 nitrogen and oxygen atoms in total. The summed E-state index contributed by atoms with van der Waals surface area (Å²) in [5.41, 5.74) is 2.69. The van der Waals surface area contributed by atoms with Gasteiger partial charge in [-0.2, -0.15) is 4.57 Å². The molecule has 0 unspecified atom stereocenters. The Hall–Kier alpha value is -1.22. The number of nitrogens with zero attached hydrogens (tertiary/aromatic N) is 1. The monoisotopic (exact) mass is 194 g/mol. The smallest absolute Gasteiger partial charge is 0.206 e. The molecule has 1 aromatic carbocycles. The van der Waals surface area contributed by atoms with Crippen molar-refractivity contribution in [3.63, 3.8) is 0 Å². The van der Waals surface area contributed by atoms with Gasteiger partial charge >= 0.3 is 0 Å². The van der Waals surface area contributed by atoms with Gasteiger partial charge in [-0.05, 0) is 12.1 Å². The molecule has 0 saturated carbocycles. The minimum absolute atomic E-state index is 0.138. The van der Waals surface area contributed by atoms with Crippen LogP contribution in [0.2, 0.25) is 0 Å². The molecule has 0 aliphatic heterocycles. The van der Waals surface area contributed by atoms with Crippen molar-refractivity contribution in [2.75, 3.05) is 0 Å². The lowest BCUT2D eigenvalue weighted by Gasteiger charge is -1.96. The molecule has 0 spiro atoms. The van der Waals surface area contributed by atoms with E-state index in [1.165, 1.54) is 6.07 Å². The molecule has 0 saturated heterocycles. The van der Waals surface area contributed by atoms with E-state index < -0.39 is 0 Å². The number of hydrogen-bond acceptors (Lipinski definition) is 1. The number of aromatic nitrogens is 1. The predicted octanol–water partition coefficient (Wildman–Crippen LogP) is 2.22. The molecule has 0 bridgehead atoms. The highest BCUT2D eigenvalue weighted by atomic mass is 32.1. The molecular formula is C10H9FNS+. The fraction of sp³-hybridized carbons (Fsp3) is 0.100. The summed E-state index contributed by atoms with van der Waals surface area (Å²) >= 11 is 1.61. The maximum atomic E-state index is 13.2. The number of rotatable bonds is 2. The Kier molecular flexibility index (Phi) is 2.36. The standard InChI is InChI=1S/C10H9FNS/c11-10-4-2-1-3-9(10)7-12-5-6-13-8-12/h1-6,8H,7H2/q+1. The van der Waals surface area contributed by atoms with Gasteiger partial charge < -0.3 is 0 Å². The Morgan fingerprint density at radius 3 is 2.85 bits per heavy atom. The largest absolute Gasteiger partial charge is 0.224 e. The van der Waals surface area contributed by atoms with Crippen LogP contribution in [0.4, 0.5) is 4.39 Å². The molecule has 2 aromatic rings. The molecule has 1 aromatic heterocycles. The van der Waals surface area contributed by atoms with Crippen LogP contribution in [0.5, 0.6) is 0 Å². The second-order valence-electron chi connectivity index (χ2n) is 2.79. The lowest BCUT2D eigenvalue weighted by Crippen LogP contribution is -2.30. The fourth-order valence-corrected chi connectivity index (χ4v) is 1.77. The van der Waals surface area contributed by atoms with Crippen molar-refractivity contribution in [2.45, 2.75) is 6.54 Å². The molecule has 0 aliphatic carbocycles. The third kappa shape index (κ3) is 1.92.